The highest BCUT2D eigenvalue weighted by Crippen LogP contribution is 2.25. The van der Waals surface area contributed by atoms with Gasteiger partial charge in [0.1, 0.15) is 0 Å². The topological polar surface area (TPSA) is 63.1 Å². The Labute approximate surface area is 110 Å². The second-order valence-electron chi connectivity index (χ2n) is 4.40. The van der Waals surface area contributed by atoms with Crippen molar-refractivity contribution in [2.45, 2.75) is 12.8 Å². The third-order valence-corrected chi connectivity index (χ3v) is 3.22. The van der Waals surface area contributed by atoms with Crippen molar-refractivity contribution in [3.05, 3.63) is 59.6 Å². The van der Waals surface area contributed by atoms with E-state index >= 15 is 0 Å². The van der Waals surface area contributed by atoms with Gasteiger partial charge in [0.05, 0.1) is 17.5 Å². The number of hydrogen-bond donors (Lipinski definition) is 1. The first-order chi connectivity index (χ1) is 9.29. The SMILES string of the molecule is O=C1C(=CO)CCc2nc(-c3ccccc3)ncc21. The number of carbonyl (C=O) groups is 1. The summed E-state index contributed by atoms with van der Waals surface area (Å²) in [5.74, 6) is 0.451. The molecule has 1 aromatic heterocycles. The molecule has 19 heavy (non-hydrogen) atoms. The fourth-order valence-corrected chi connectivity index (χ4v) is 2.19. The van der Waals surface area contributed by atoms with Crippen LogP contribution in [0.2, 0.25) is 0 Å². The zero-order valence-electron chi connectivity index (χ0n) is 10.2. The van der Waals surface area contributed by atoms with E-state index in [1.807, 2.05) is 30.3 Å². The third kappa shape index (κ3) is 2.01. The van der Waals surface area contributed by atoms with Crippen molar-refractivity contribution in [2.24, 2.45) is 0 Å². The highest BCUT2D eigenvalue weighted by atomic mass is 16.2. The van der Waals surface area contributed by atoms with E-state index in [0.717, 1.165) is 17.5 Å². The average molecular weight is 252 g/mol. The molecule has 0 bridgehead atoms. The van der Waals surface area contributed by atoms with Crippen molar-refractivity contribution >= 4 is 5.78 Å². The van der Waals surface area contributed by atoms with Gasteiger partial charge in [0, 0.05) is 17.3 Å². The van der Waals surface area contributed by atoms with Crippen LogP contribution in [0.1, 0.15) is 22.5 Å². The van der Waals surface area contributed by atoms with Crippen LogP contribution in [0.25, 0.3) is 11.4 Å². The molecule has 0 atom stereocenters. The number of carbonyl (C=O) groups excluding carboxylic acids is 1. The second-order valence-corrected chi connectivity index (χ2v) is 4.40. The predicted molar refractivity (Wildman–Crippen MR) is 70.8 cm³/mol. The molecule has 94 valence electrons. The smallest absolute Gasteiger partial charge is 0.195 e. The maximum absolute atomic E-state index is 12.0. The maximum Gasteiger partial charge on any atom is 0.195 e. The molecule has 0 unspecified atom stereocenters. The fraction of sp³-hybridized carbons (Fsp3) is 0.133. The summed E-state index contributed by atoms with van der Waals surface area (Å²) in [7, 11) is 0. The van der Waals surface area contributed by atoms with Gasteiger partial charge in [-0.25, -0.2) is 9.97 Å². The molecule has 4 nitrogen and oxygen atoms in total. The van der Waals surface area contributed by atoms with Gasteiger partial charge in [-0.2, -0.15) is 0 Å². The highest BCUT2D eigenvalue weighted by molar-refractivity contribution is 6.10. The lowest BCUT2D eigenvalue weighted by atomic mass is 9.92. The number of fused-ring (bicyclic) bond motifs is 1. The zero-order chi connectivity index (χ0) is 13.2. The number of allylic oxidation sites excluding steroid dienone is 1. The fourth-order valence-electron chi connectivity index (χ4n) is 2.19. The van der Waals surface area contributed by atoms with Gasteiger partial charge in [-0.15, -0.1) is 0 Å². The van der Waals surface area contributed by atoms with E-state index in [1.54, 1.807) is 6.20 Å². The van der Waals surface area contributed by atoms with Crippen LogP contribution in [0, 0.1) is 0 Å². The largest absolute Gasteiger partial charge is 0.515 e. The van der Waals surface area contributed by atoms with Crippen LogP contribution in [0.5, 0.6) is 0 Å². The average Bonchev–Trinajstić information content (AvgIpc) is 2.48. The Morgan fingerprint density at radius 2 is 1.95 bits per heavy atom. The molecule has 1 aliphatic rings. The molecule has 0 saturated heterocycles. The Bertz CT molecular complexity index is 663. The number of Topliss-reactive ketones (excluding diaryl/α,β-unsaturated/α-hetero) is 1. The Morgan fingerprint density at radius 1 is 1.16 bits per heavy atom. The zero-order valence-corrected chi connectivity index (χ0v) is 10.2. The lowest BCUT2D eigenvalue weighted by Gasteiger charge is -2.15. The molecule has 0 aliphatic heterocycles. The number of aliphatic hydroxyl groups is 1. The van der Waals surface area contributed by atoms with Gasteiger partial charge in [-0.3, -0.25) is 4.79 Å². The minimum atomic E-state index is -0.177. The third-order valence-electron chi connectivity index (χ3n) is 3.22. The van der Waals surface area contributed by atoms with Crippen LogP contribution in [-0.2, 0) is 6.42 Å². The molecule has 0 amide bonds. The number of ketones is 1. The van der Waals surface area contributed by atoms with E-state index in [0.29, 0.717) is 29.8 Å². The first kappa shape index (κ1) is 11.6. The van der Waals surface area contributed by atoms with E-state index in [2.05, 4.69) is 9.97 Å². The standard InChI is InChI=1S/C15H12N2O2/c18-9-11-6-7-13-12(14(11)19)8-16-15(17-13)10-4-2-1-3-5-10/h1-5,8-9,18H,6-7H2. The Hall–Kier alpha value is -2.49. The van der Waals surface area contributed by atoms with Gasteiger partial charge in [0.25, 0.3) is 0 Å². The lowest BCUT2D eigenvalue weighted by Crippen LogP contribution is -2.16. The normalized spacial score (nSPS) is 16.4. The number of aliphatic hydroxyl groups excluding tert-OH is 1. The van der Waals surface area contributed by atoms with Gasteiger partial charge >= 0.3 is 0 Å². The first-order valence-electron chi connectivity index (χ1n) is 6.09. The molecule has 1 N–H and O–H groups in total. The van der Waals surface area contributed by atoms with Gasteiger partial charge in [-0.05, 0) is 12.8 Å². The van der Waals surface area contributed by atoms with E-state index in [-0.39, 0.29) is 5.78 Å². The molecular weight excluding hydrogens is 240 g/mol. The molecule has 0 radical (unpaired) electrons. The molecule has 0 spiro atoms. The monoisotopic (exact) mass is 252 g/mol. The summed E-state index contributed by atoms with van der Waals surface area (Å²) in [6.07, 6.45) is 3.61. The Kier molecular flexibility index (Phi) is 2.83. The molecule has 4 heteroatoms. The lowest BCUT2D eigenvalue weighted by molar-refractivity contribution is 0.102. The summed E-state index contributed by atoms with van der Waals surface area (Å²) in [5.41, 5.74) is 2.60. The van der Waals surface area contributed by atoms with Crippen molar-refractivity contribution in [2.75, 3.05) is 0 Å². The van der Waals surface area contributed by atoms with Gasteiger partial charge in [0.2, 0.25) is 0 Å². The summed E-state index contributed by atoms with van der Waals surface area (Å²) in [6.45, 7) is 0. The van der Waals surface area contributed by atoms with Crippen LogP contribution in [0.3, 0.4) is 0 Å². The number of rotatable bonds is 1. The molecule has 0 fully saturated rings. The Balaban J connectivity index is 2.05. The van der Waals surface area contributed by atoms with Gasteiger partial charge in [-0.1, -0.05) is 30.3 Å². The van der Waals surface area contributed by atoms with Crippen molar-refractivity contribution in [3.63, 3.8) is 0 Å². The van der Waals surface area contributed by atoms with Crippen molar-refractivity contribution in [1.29, 1.82) is 0 Å². The predicted octanol–water partition coefficient (Wildman–Crippen LogP) is 2.71. The quantitative estimate of drug-likeness (QED) is 0.626. The second kappa shape index (κ2) is 4.65. The van der Waals surface area contributed by atoms with Crippen molar-refractivity contribution < 1.29 is 9.90 Å². The molecule has 1 aliphatic carbocycles. The summed E-state index contributed by atoms with van der Waals surface area (Å²) in [5, 5.41) is 9.00. The van der Waals surface area contributed by atoms with Crippen LogP contribution in [0.4, 0.5) is 0 Å². The number of benzene rings is 1. The van der Waals surface area contributed by atoms with Crippen molar-refractivity contribution in [3.8, 4) is 11.4 Å². The minimum absolute atomic E-state index is 0.177. The molecular formula is C15H12N2O2. The van der Waals surface area contributed by atoms with Crippen LogP contribution < -0.4 is 0 Å². The van der Waals surface area contributed by atoms with Gasteiger partial charge < -0.3 is 5.11 Å². The van der Waals surface area contributed by atoms with Crippen LogP contribution in [0.15, 0.2) is 48.4 Å². The highest BCUT2D eigenvalue weighted by Gasteiger charge is 2.24. The molecule has 1 heterocycles. The van der Waals surface area contributed by atoms with Crippen LogP contribution in [-0.4, -0.2) is 20.9 Å². The first-order valence-corrected chi connectivity index (χ1v) is 6.09. The van der Waals surface area contributed by atoms with Gasteiger partial charge in [0.15, 0.2) is 11.6 Å². The van der Waals surface area contributed by atoms with Crippen LogP contribution >= 0.6 is 0 Å². The van der Waals surface area contributed by atoms with E-state index in [4.69, 9.17) is 5.11 Å². The Morgan fingerprint density at radius 3 is 2.68 bits per heavy atom. The number of aromatic nitrogens is 2. The maximum atomic E-state index is 12.0. The number of nitrogens with zero attached hydrogens (tertiary/aromatic N) is 2. The van der Waals surface area contributed by atoms with E-state index in [9.17, 15) is 4.79 Å². The minimum Gasteiger partial charge on any atom is -0.515 e. The summed E-state index contributed by atoms with van der Waals surface area (Å²) in [4.78, 5) is 20.7. The summed E-state index contributed by atoms with van der Waals surface area (Å²) in [6, 6.07) is 9.66. The molecule has 0 saturated carbocycles. The number of aryl methyl sites for hydroxylation is 1. The molecule has 1 aromatic carbocycles. The van der Waals surface area contributed by atoms with Crippen molar-refractivity contribution in [1.82, 2.24) is 9.97 Å². The summed E-state index contributed by atoms with van der Waals surface area (Å²) < 4.78 is 0. The van der Waals surface area contributed by atoms with E-state index in [1.165, 1.54) is 0 Å². The van der Waals surface area contributed by atoms with E-state index < -0.39 is 0 Å². The summed E-state index contributed by atoms with van der Waals surface area (Å²) >= 11 is 0. The number of hydrogen-bond acceptors (Lipinski definition) is 4. The molecule has 3 rings (SSSR count). The molecule has 2 aromatic rings.